The van der Waals surface area contributed by atoms with Crippen LogP contribution in [0, 0.1) is 0 Å². The Morgan fingerprint density at radius 3 is 2.55 bits per heavy atom. The van der Waals surface area contributed by atoms with Crippen molar-refractivity contribution in [3.63, 3.8) is 0 Å². The number of phenols is 4. The van der Waals surface area contributed by atoms with Crippen LogP contribution in [0.5, 0.6) is 28.7 Å². The van der Waals surface area contributed by atoms with E-state index in [9.17, 15) is 35.1 Å². The van der Waals surface area contributed by atoms with Crippen molar-refractivity contribution in [3.8, 4) is 28.7 Å². The van der Waals surface area contributed by atoms with Crippen LogP contribution in [0.3, 0.4) is 0 Å². The van der Waals surface area contributed by atoms with E-state index in [0.717, 1.165) is 12.1 Å². The molecule has 0 spiro atoms. The second kappa shape index (κ2) is 7.51. The summed E-state index contributed by atoms with van der Waals surface area (Å²) in [6.07, 6.45) is 0.799. The molecular weight excluding hydrogens is 408 g/mol. The second-order valence-corrected chi connectivity index (χ2v) is 7.51. The van der Waals surface area contributed by atoms with Crippen LogP contribution in [-0.4, -0.2) is 49.0 Å². The number of aliphatic hydroxyl groups is 1. The lowest BCUT2D eigenvalue weighted by atomic mass is 9.89. The van der Waals surface area contributed by atoms with Crippen molar-refractivity contribution in [2.45, 2.75) is 37.1 Å². The number of fused-ring (bicyclic) bond motifs is 1. The Hall–Kier alpha value is -3.72. The fraction of sp³-hybridized carbons (Fsp3) is 0.273. The molecule has 0 bridgehead atoms. The molecule has 5 N–H and O–H groups in total. The lowest BCUT2D eigenvalue weighted by molar-refractivity contribution is -0.175. The van der Waals surface area contributed by atoms with Crippen molar-refractivity contribution in [2.75, 3.05) is 0 Å². The SMILES string of the molecule is O=C1CCC=CC1(O)C(=O)O[C@H]1Cc2c(O)cc(O)cc2O[C@@H]1c1ccc(O)c(O)c1. The molecule has 4 rings (SSSR count). The van der Waals surface area contributed by atoms with Gasteiger partial charge in [-0.1, -0.05) is 12.1 Å². The van der Waals surface area contributed by atoms with Gasteiger partial charge >= 0.3 is 5.97 Å². The summed E-state index contributed by atoms with van der Waals surface area (Å²) in [6.45, 7) is 0. The topological polar surface area (TPSA) is 154 Å². The van der Waals surface area contributed by atoms with Crippen LogP contribution in [0.15, 0.2) is 42.5 Å². The van der Waals surface area contributed by atoms with Gasteiger partial charge in [0.1, 0.15) is 23.4 Å². The number of esters is 1. The first-order chi connectivity index (χ1) is 14.7. The molecule has 31 heavy (non-hydrogen) atoms. The van der Waals surface area contributed by atoms with Gasteiger partial charge < -0.3 is 35.0 Å². The normalized spacial score (nSPS) is 24.9. The zero-order valence-electron chi connectivity index (χ0n) is 16.2. The number of ether oxygens (including phenoxy) is 2. The van der Waals surface area contributed by atoms with Crippen LogP contribution in [0.1, 0.15) is 30.1 Å². The van der Waals surface area contributed by atoms with Crippen molar-refractivity contribution >= 4 is 11.8 Å². The zero-order valence-corrected chi connectivity index (χ0v) is 16.2. The van der Waals surface area contributed by atoms with Gasteiger partial charge in [-0.25, -0.2) is 4.79 Å². The van der Waals surface area contributed by atoms with Crippen LogP contribution in [0.4, 0.5) is 0 Å². The number of Topliss-reactive ketones (excluding diaryl/α,β-unsaturated/α-hetero) is 1. The molecule has 162 valence electrons. The fourth-order valence-electron chi connectivity index (χ4n) is 3.71. The van der Waals surface area contributed by atoms with Crippen LogP contribution < -0.4 is 4.74 Å². The molecule has 3 atom stereocenters. The Kier molecular flexibility index (Phi) is 4.98. The fourth-order valence-corrected chi connectivity index (χ4v) is 3.71. The molecule has 0 saturated carbocycles. The minimum absolute atomic E-state index is 0.0125. The van der Waals surface area contributed by atoms with Gasteiger partial charge in [-0.3, -0.25) is 4.79 Å². The van der Waals surface area contributed by atoms with Gasteiger partial charge in [0.25, 0.3) is 0 Å². The molecule has 9 nitrogen and oxygen atoms in total. The van der Waals surface area contributed by atoms with Gasteiger partial charge in [-0.2, -0.15) is 0 Å². The number of carbonyl (C=O) groups is 2. The molecule has 9 heteroatoms. The lowest BCUT2D eigenvalue weighted by Crippen LogP contribution is -2.49. The zero-order chi connectivity index (χ0) is 22.3. The van der Waals surface area contributed by atoms with Crippen molar-refractivity contribution in [1.82, 2.24) is 0 Å². The highest BCUT2D eigenvalue weighted by Crippen LogP contribution is 2.44. The van der Waals surface area contributed by atoms with E-state index >= 15 is 0 Å². The number of phenolic OH excluding ortho intramolecular Hbond substituents is 4. The number of hydrogen-bond acceptors (Lipinski definition) is 9. The van der Waals surface area contributed by atoms with E-state index in [4.69, 9.17) is 9.47 Å². The van der Waals surface area contributed by atoms with Gasteiger partial charge in [-0.15, -0.1) is 0 Å². The van der Waals surface area contributed by atoms with E-state index in [-0.39, 0.29) is 41.4 Å². The molecule has 0 fully saturated rings. The third-order valence-corrected chi connectivity index (χ3v) is 5.39. The highest BCUT2D eigenvalue weighted by molar-refractivity contribution is 6.09. The Bertz CT molecular complexity index is 1090. The number of carbonyl (C=O) groups excluding carboxylic acids is 2. The minimum atomic E-state index is -2.42. The number of ketones is 1. The van der Waals surface area contributed by atoms with Gasteiger partial charge in [0.15, 0.2) is 23.4 Å². The number of allylic oxidation sites excluding steroid dienone is 1. The largest absolute Gasteiger partial charge is 0.508 e. The van der Waals surface area contributed by atoms with Crippen molar-refractivity contribution < 1.29 is 44.6 Å². The first-order valence-electron chi connectivity index (χ1n) is 9.57. The van der Waals surface area contributed by atoms with Gasteiger partial charge in [0.05, 0.1) is 0 Å². The standard InChI is InChI=1S/C22H20O9/c23-12-8-15(25)13-10-18(31-21(28)22(29)6-2-1-3-19(22)27)20(30-17(13)9-12)11-4-5-14(24)16(26)7-11/h2,4-9,18,20,23-26,29H,1,3,10H2/t18-,20+,22?/m0/s1. The molecule has 2 aromatic rings. The van der Waals surface area contributed by atoms with Crippen molar-refractivity contribution in [3.05, 3.63) is 53.6 Å². The third kappa shape index (κ3) is 3.64. The number of rotatable bonds is 3. The summed E-state index contributed by atoms with van der Waals surface area (Å²) in [5.74, 6) is -3.06. The molecule has 1 heterocycles. The Morgan fingerprint density at radius 1 is 1.06 bits per heavy atom. The van der Waals surface area contributed by atoms with Gasteiger partial charge in [0, 0.05) is 36.1 Å². The molecule has 1 aliphatic carbocycles. The summed E-state index contributed by atoms with van der Waals surface area (Å²) in [6, 6.07) is 6.27. The summed E-state index contributed by atoms with van der Waals surface area (Å²) in [5.41, 5.74) is -1.84. The Morgan fingerprint density at radius 2 is 1.84 bits per heavy atom. The monoisotopic (exact) mass is 428 g/mol. The van der Waals surface area contributed by atoms with E-state index in [2.05, 4.69) is 0 Å². The molecule has 0 radical (unpaired) electrons. The maximum absolute atomic E-state index is 12.8. The summed E-state index contributed by atoms with van der Waals surface area (Å²) in [7, 11) is 0. The average molecular weight is 428 g/mol. The Balaban J connectivity index is 1.72. The third-order valence-electron chi connectivity index (χ3n) is 5.39. The molecule has 2 aromatic carbocycles. The first-order valence-corrected chi connectivity index (χ1v) is 9.57. The molecule has 1 aliphatic heterocycles. The van der Waals surface area contributed by atoms with Crippen LogP contribution in [-0.2, 0) is 20.7 Å². The molecular formula is C22H20O9. The summed E-state index contributed by atoms with van der Waals surface area (Å²) >= 11 is 0. The number of benzene rings is 2. The highest BCUT2D eigenvalue weighted by atomic mass is 16.6. The van der Waals surface area contributed by atoms with E-state index in [1.807, 2.05) is 0 Å². The van der Waals surface area contributed by atoms with Gasteiger partial charge in [0.2, 0.25) is 5.60 Å². The van der Waals surface area contributed by atoms with Gasteiger partial charge in [-0.05, 0) is 24.6 Å². The Labute approximate surface area is 176 Å². The maximum Gasteiger partial charge on any atom is 0.350 e. The summed E-state index contributed by atoms with van der Waals surface area (Å²) < 4.78 is 11.3. The van der Waals surface area contributed by atoms with Crippen LogP contribution in [0.2, 0.25) is 0 Å². The van der Waals surface area contributed by atoms with Crippen LogP contribution >= 0.6 is 0 Å². The maximum atomic E-state index is 12.8. The molecule has 0 amide bonds. The predicted molar refractivity (Wildman–Crippen MR) is 105 cm³/mol. The first kappa shape index (κ1) is 20.5. The lowest BCUT2D eigenvalue weighted by Gasteiger charge is -2.35. The van der Waals surface area contributed by atoms with Crippen molar-refractivity contribution in [1.29, 1.82) is 0 Å². The average Bonchev–Trinajstić information content (AvgIpc) is 2.72. The van der Waals surface area contributed by atoms with E-state index < -0.39 is 35.3 Å². The van der Waals surface area contributed by atoms with Crippen LogP contribution in [0.25, 0.3) is 0 Å². The second-order valence-electron chi connectivity index (χ2n) is 7.51. The summed E-state index contributed by atoms with van der Waals surface area (Å²) in [4.78, 5) is 24.9. The quantitative estimate of drug-likeness (QED) is 0.213. The molecule has 2 aliphatic rings. The molecule has 0 aromatic heterocycles. The number of aromatic hydroxyl groups is 4. The van der Waals surface area contributed by atoms with E-state index in [0.29, 0.717) is 12.0 Å². The number of hydrogen-bond donors (Lipinski definition) is 5. The summed E-state index contributed by atoms with van der Waals surface area (Å²) in [5, 5.41) is 50.0. The highest BCUT2D eigenvalue weighted by Gasteiger charge is 2.47. The molecule has 0 saturated heterocycles. The minimum Gasteiger partial charge on any atom is -0.508 e. The smallest absolute Gasteiger partial charge is 0.350 e. The van der Waals surface area contributed by atoms with E-state index in [1.165, 1.54) is 30.3 Å². The van der Waals surface area contributed by atoms with E-state index in [1.54, 1.807) is 0 Å². The molecule has 1 unspecified atom stereocenters. The van der Waals surface area contributed by atoms with Crippen molar-refractivity contribution in [2.24, 2.45) is 0 Å². The predicted octanol–water partition coefficient (Wildman–Crippen LogP) is 1.75.